The Morgan fingerprint density at radius 2 is 1.54 bits per heavy atom. The lowest BCUT2D eigenvalue weighted by Gasteiger charge is -2.26. The molecule has 0 heterocycles. The molecule has 2 aromatic rings. The standard InChI is InChI=1S/C22H30N2O3S/c1-14-10-17(4)22(18(5)11-14)24(28(7,26)27)13-21(25)23-19(6)20-9-8-15(2)16(3)12-20/h8-12,19H,13H2,1-7H3,(H,23,25)/t19-/m1/s1. The Morgan fingerprint density at radius 3 is 2.04 bits per heavy atom. The van der Waals surface area contributed by atoms with Crippen molar-refractivity contribution in [1.29, 1.82) is 0 Å². The smallest absolute Gasteiger partial charge is 0.241 e. The van der Waals surface area contributed by atoms with Gasteiger partial charge in [-0.15, -0.1) is 0 Å². The van der Waals surface area contributed by atoms with Gasteiger partial charge in [0.1, 0.15) is 6.54 Å². The Labute approximate surface area is 168 Å². The number of anilines is 1. The van der Waals surface area contributed by atoms with Gasteiger partial charge in [0.25, 0.3) is 0 Å². The van der Waals surface area contributed by atoms with Crippen molar-refractivity contribution in [3.05, 3.63) is 63.7 Å². The fourth-order valence-electron chi connectivity index (χ4n) is 3.46. The quantitative estimate of drug-likeness (QED) is 0.798. The first-order chi connectivity index (χ1) is 12.9. The molecule has 0 aliphatic rings. The molecular weight excluding hydrogens is 372 g/mol. The van der Waals surface area contributed by atoms with Crippen LogP contribution in [0.3, 0.4) is 0 Å². The Bertz CT molecular complexity index is 974. The molecule has 0 unspecified atom stereocenters. The third kappa shape index (κ3) is 5.13. The van der Waals surface area contributed by atoms with E-state index in [1.165, 1.54) is 9.87 Å². The molecule has 2 rings (SSSR count). The van der Waals surface area contributed by atoms with Gasteiger partial charge in [0.15, 0.2) is 0 Å². The zero-order chi connectivity index (χ0) is 21.2. The Kier molecular flexibility index (Phi) is 6.55. The second kappa shape index (κ2) is 8.35. The van der Waals surface area contributed by atoms with E-state index in [0.717, 1.165) is 34.1 Å². The molecule has 6 heteroatoms. The molecule has 1 atom stereocenters. The van der Waals surface area contributed by atoms with Crippen molar-refractivity contribution in [3.8, 4) is 0 Å². The summed E-state index contributed by atoms with van der Waals surface area (Å²) in [7, 11) is -3.61. The number of aryl methyl sites for hydroxylation is 5. The summed E-state index contributed by atoms with van der Waals surface area (Å²) in [6, 6.07) is 9.69. The van der Waals surface area contributed by atoms with Gasteiger partial charge < -0.3 is 5.32 Å². The number of sulfonamides is 1. The third-order valence-electron chi connectivity index (χ3n) is 4.98. The molecule has 0 aromatic heterocycles. The number of benzene rings is 2. The average molecular weight is 403 g/mol. The highest BCUT2D eigenvalue weighted by molar-refractivity contribution is 7.92. The zero-order valence-corrected chi connectivity index (χ0v) is 18.6. The van der Waals surface area contributed by atoms with Crippen LogP contribution in [0, 0.1) is 34.6 Å². The van der Waals surface area contributed by atoms with Crippen LogP contribution in [0.5, 0.6) is 0 Å². The molecule has 0 bridgehead atoms. The van der Waals surface area contributed by atoms with Gasteiger partial charge in [0.2, 0.25) is 15.9 Å². The van der Waals surface area contributed by atoms with E-state index >= 15 is 0 Å². The van der Waals surface area contributed by atoms with E-state index in [1.807, 2.05) is 71.9 Å². The minimum Gasteiger partial charge on any atom is -0.348 e. The van der Waals surface area contributed by atoms with Crippen molar-refractivity contribution >= 4 is 21.6 Å². The molecule has 28 heavy (non-hydrogen) atoms. The Hall–Kier alpha value is -2.34. The molecule has 1 N–H and O–H groups in total. The molecule has 0 spiro atoms. The molecule has 0 aliphatic carbocycles. The summed E-state index contributed by atoms with van der Waals surface area (Å²) < 4.78 is 26.1. The van der Waals surface area contributed by atoms with Crippen molar-refractivity contribution in [2.45, 2.75) is 47.6 Å². The van der Waals surface area contributed by atoms with Crippen LogP contribution in [0.1, 0.15) is 46.3 Å². The topological polar surface area (TPSA) is 66.5 Å². The summed E-state index contributed by atoms with van der Waals surface area (Å²) in [5.74, 6) is -0.337. The van der Waals surface area contributed by atoms with E-state index in [9.17, 15) is 13.2 Å². The van der Waals surface area contributed by atoms with Crippen LogP contribution in [-0.4, -0.2) is 27.1 Å². The fourth-order valence-corrected chi connectivity index (χ4v) is 4.43. The van der Waals surface area contributed by atoms with E-state index in [4.69, 9.17) is 0 Å². The highest BCUT2D eigenvalue weighted by Gasteiger charge is 2.25. The monoisotopic (exact) mass is 402 g/mol. The third-order valence-corrected chi connectivity index (χ3v) is 6.09. The number of nitrogens with one attached hydrogen (secondary N) is 1. The highest BCUT2D eigenvalue weighted by atomic mass is 32.2. The molecule has 0 aliphatic heterocycles. The summed E-state index contributed by atoms with van der Waals surface area (Å²) in [6.45, 7) is 11.4. The van der Waals surface area contributed by atoms with Crippen LogP contribution in [-0.2, 0) is 14.8 Å². The van der Waals surface area contributed by atoms with Gasteiger partial charge in [0.05, 0.1) is 18.0 Å². The summed E-state index contributed by atoms with van der Waals surface area (Å²) >= 11 is 0. The van der Waals surface area contributed by atoms with E-state index < -0.39 is 10.0 Å². The first-order valence-electron chi connectivity index (χ1n) is 9.32. The van der Waals surface area contributed by atoms with Gasteiger partial charge in [-0.3, -0.25) is 9.10 Å². The van der Waals surface area contributed by atoms with E-state index in [0.29, 0.717) is 5.69 Å². The van der Waals surface area contributed by atoms with Crippen molar-refractivity contribution in [2.24, 2.45) is 0 Å². The van der Waals surface area contributed by atoms with Gasteiger partial charge in [0, 0.05) is 0 Å². The van der Waals surface area contributed by atoms with Crippen LogP contribution in [0.2, 0.25) is 0 Å². The summed E-state index contributed by atoms with van der Waals surface area (Å²) in [5.41, 5.74) is 6.63. The van der Waals surface area contributed by atoms with Crippen molar-refractivity contribution in [1.82, 2.24) is 5.32 Å². The van der Waals surface area contributed by atoms with E-state index in [1.54, 1.807) is 0 Å². The lowest BCUT2D eigenvalue weighted by atomic mass is 10.0. The lowest BCUT2D eigenvalue weighted by molar-refractivity contribution is -0.120. The molecule has 0 radical (unpaired) electrons. The Morgan fingerprint density at radius 1 is 0.964 bits per heavy atom. The van der Waals surface area contributed by atoms with Crippen molar-refractivity contribution < 1.29 is 13.2 Å². The summed E-state index contributed by atoms with van der Waals surface area (Å²) in [4.78, 5) is 12.7. The maximum atomic E-state index is 12.7. The molecule has 0 saturated heterocycles. The van der Waals surface area contributed by atoms with Gasteiger partial charge in [-0.1, -0.05) is 35.9 Å². The predicted octanol–water partition coefficient (Wildman–Crippen LogP) is 3.87. The SMILES string of the molecule is Cc1cc(C)c(N(CC(=O)N[C@H](C)c2ccc(C)c(C)c2)S(C)(=O)=O)c(C)c1. The van der Waals surface area contributed by atoms with Crippen molar-refractivity contribution in [3.63, 3.8) is 0 Å². The second-order valence-electron chi connectivity index (χ2n) is 7.65. The van der Waals surface area contributed by atoms with Crippen LogP contribution in [0.25, 0.3) is 0 Å². The molecule has 152 valence electrons. The van der Waals surface area contributed by atoms with Crippen LogP contribution in [0.15, 0.2) is 30.3 Å². The number of rotatable bonds is 6. The number of carbonyl (C=O) groups excluding carboxylic acids is 1. The zero-order valence-electron chi connectivity index (χ0n) is 17.8. The maximum absolute atomic E-state index is 12.7. The minimum absolute atomic E-state index is 0.214. The van der Waals surface area contributed by atoms with Crippen LogP contribution in [0.4, 0.5) is 5.69 Å². The summed E-state index contributed by atoms with van der Waals surface area (Å²) in [6.07, 6.45) is 1.13. The first kappa shape index (κ1) is 22.0. The summed E-state index contributed by atoms with van der Waals surface area (Å²) in [5, 5.41) is 2.92. The minimum atomic E-state index is -3.61. The van der Waals surface area contributed by atoms with E-state index in [2.05, 4.69) is 5.32 Å². The fraction of sp³-hybridized carbons (Fsp3) is 0.409. The van der Waals surface area contributed by atoms with Gasteiger partial charge >= 0.3 is 0 Å². The normalized spacial score (nSPS) is 12.5. The Balaban J connectivity index is 2.26. The van der Waals surface area contributed by atoms with Gasteiger partial charge in [-0.05, 0) is 69.4 Å². The number of amides is 1. The molecule has 1 amide bonds. The molecule has 0 fully saturated rings. The van der Waals surface area contributed by atoms with E-state index in [-0.39, 0.29) is 18.5 Å². The second-order valence-corrected chi connectivity index (χ2v) is 9.56. The number of nitrogens with zero attached hydrogens (tertiary/aromatic N) is 1. The number of hydrogen-bond donors (Lipinski definition) is 1. The molecule has 0 saturated carbocycles. The van der Waals surface area contributed by atoms with Gasteiger partial charge in [-0.2, -0.15) is 0 Å². The number of carbonyl (C=O) groups is 1. The average Bonchev–Trinajstić information content (AvgIpc) is 2.54. The molecule has 2 aromatic carbocycles. The molecule has 5 nitrogen and oxygen atoms in total. The predicted molar refractivity (Wildman–Crippen MR) is 115 cm³/mol. The van der Waals surface area contributed by atoms with Crippen molar-refractivity contribution in [2.75, 3.05) is 17.1 Å². The maximum Gasteiger partial charge on any atom is 0.241 e. The first-order valence-corrected chi connectivity index (χ1v) is 11.2. The largest absolute Gasteiger partial charge is 0.348 e. The molecular formula is C22H30N2O3S. The lowest BCUT2D eigenvalue weighted by Crippen LogP contribution is -2.41. The van der Waals surface area contributed by atoms with Crippen LogP contribution >= 0.6 is 0 Å². The van der Waals surface area contributed by atoms with Gasteiger partial charge in [-0.25, -0.2) is 8.42 Å². The number of hydrogen-bond acceptors (Lipinski definition) is 3. The highest BCUT2D eigenvalue weighted by Crippen LogP contribution is 2.28. The van der Waals surface area contributed by atoms with Crippen LogP contribution < -0.4 is 9.62 Å².